The van der Waals surface area contributed by atoms with Crippen LogP contribution in [0.2, 0.25) is 0 Å². The number of benzene rings is 2. The molecule has 10 heteroatoms. The van der Waals surface area contributed by atoms with E-state index >= 15 is 0 Å². The zero-order valence-corrected chi connectivity index (χ0v) is 31.6. The van der Waals surface area contributed by atoms with Crippen LogP contribution < -0.4 is 14.4 Å². The first-order valence-electron chi connectivity index (χ1n) is 18.9. The van der Waals surface area contributed by atoms with E-state index in [1.165, 1.54) is 18.4 Å². The van der Waals surface area contributed by atoms with Gasteiger partial charge < -0.3 is 24.2 Å². The van der Waals surface area contributed by atoms with Crippen molar-refractivity contribution in [3.05, 3.63) is 77.5 Å². The number of likely N-dealkylation sites (N-methyl/N-ethyl adjacent to an activating group) is 1. The van der Waals surface area contributed by atoms with E-state index in [4.69, 9.17) is 14.5 Å². The monoisotopic (exact) mass is 698 g/mol. The molecule has 3 aliphatic heterocycles. The van der Waals surface area contributed by atoms with Gasteiger partial charge >= 0.3 is 0 Å². The van der Waals surface area contributed by atoms with Gasteiger partial charge in [0.05, 0.1) is 24.4 Å². The number of rotatable bonds is 11. The fraction of sp³-hybridized carbons (Fsp3) is 0.537. The molecule has 1 atom stereocenters. The lowest BCUT2D eigenvalue weighted by Gasteiger charge is -2.40. The second kappa shape index (κ2) is 18.4. The van der Waals surface area contributed by atoms with Gasteiger partial charge in [-0.3, -0.25) is 24.4 Å². The van der Waals surface area contributed by atoms with Crippen LogP contribution in [-0.2, 0) is 16.0 Å². The van der Waals surface area contributed by atoms with Gasteiger partial charge in [0.15, 0.2) is 6.61 Å². The highest BCUT2D eigenvalue weighted by molar-refractivity contribution is 6.26. The van der Waals surface area contributed by atoms with Gasteiger partial charge in [-0.25, -0.2) is 0 Å². The number of amidine groups is 1. The Morgan fingerprint density at radius 1 is 0.902 bits per heavy atom. The molecule has 0 bridgehead atoms. The topological polar surface area (TPSA) is 81.2 Å². The van der Waals surface area contributed by atoms with Gasteiger partial charge in [0.25, 0.3) is 11.8 Å². The molecule has 1 aliphatic carbocycles. The molecule has 3 heterocycles. The molecule has 276 valence electrons. The van der Waals surface area contributed by atoms with Crippen molar-refractivity contribution in [1.29, 1.82) is 0 Å². The lowest BCUT2D eigenvalue weighted by atomic mass is 9.93. The second-order valence-electron chi connectivity index (χ2n) is 14.0. The minimum atomic E-state index is -0.213. The summed E-state index contributed by atoms with van der Waals surface area (Å²) >= 11 is 0. The van der Waals surface area contributed by atoms with Gasteiger partial charge in [-0.1, -0.05) is 64.0 Å². The van der Waals surface area contributed by atoms with Crippen molar-refractivity contribution in [2.24, 2.45) is 4.99 Å². The van der Waals surface area contributed by atoms with Crippen LogP contribution in [-0.4, -0.2) is 122 Å². The quantitative estimate of drug-likeness (QED) is 0.301. The molecular formula is C41H58N6O4. The molecule has 2 saturated heterocycles. The maximum atomic E-state index is 14.5. The van der Waals surface area contributed by atoms with E-state index in [0.29, 0.717) is 62.2 Å². The molecule has 2 aromatic carbocycles. The molecule has 4 aliphatic rings. The average molecular weight is 699 g/mol. The molecule has 10 nitrogen and oxygen atoms in total. The number of fused-ring (bicyclic) bond motifs is 1. The van der Waals surface area contributed by atoms with E-state index in [1.54, 1.807) is 4.90 Å². The number of carbonyl (C=O) groups excluding carboxylic acids is 2. The van der Waals surface area contributed by atoms with Crippen LogP contribution in [0, 0.1) is 0 Å². The average Bonchev–Trinajstić information content (AvgIpc) is 3.15. The SMILES string of the molecule is CCCC.CCc1ccc(OCC(=O)N2CCN(CC3=NC4CC=C(N5CCN(C)CC5)C=C4C(=O)N3c3ccccc3OC(C)C)CC2)cc1. The van der Waals surface area contributed by atoms with E-state index in [1.807, 2.05) is 67.3 Å². The molecule has 0 N–H and O–H groups in total. The van der Waals surface area contributed by atoms with Gasteiger partial charge in [-0.15, -0.1) is 0 Å². The first kappa shape index (κ1) is 38.1. The Labute approximate surface area is 305 Å². The predicted octanol–water partition coefficient (Wildman–Crippen LogP) is 5.64. The molecule has 0 radical (unpaired) electrons. The number of unbranched alkanes of at least 4 members (excludes halogenated alkanes) is 1. The maximum Gasteiger partial charge on any atom is 0.262 e. The standard InChI is InChI=1S/C37H48N6O4.C4H10/c1-5-28-10-13-30(14-11-28)46-26-36(44)42-22-18-40(19-23-42)25-35-38-32-15-12-29(41-20-16-39(4)17-21-41)24-31(32)37(45)43(35)33-8-6-7-9-34(33)47-27(2)3;1-3-4-2/h6-14,24,27,32H,5,15-23,25-26H2,1-4H3;3-4H2,1-2H3. The largest absolute Gasteiger partial charge is 0.489 e. The molecular weight excluding hydrogens is 640 g/mol. The van der Waals surface area contributed by atoms with Crippen LogP contribution in [0.4, 0.5) is 5.69 Å². The van der Waals surface area contributed by atoms with E-state index in [2.05, 4.69) is 54.7 Å². The number of allylic oxidation sites excluding steroid dienone is 1. The molecule has 0 aromatic heterocycles. The van der Waals surface area contributed by atoms with Crippen molar-refractivity contribution >= 4 is 23.3 Å². The molecule has 1 unspecified atom stereocenters. The van der Waals surface area contributed by atoms with Gasteiger partial charge in [0.1, 0.15) is 17.3 Å². The lowest BCUT2D eigenvalue weighted by molar-refractivity contribution is -0.135. The van der Waals surface area contributed by atoms with Crippen molar-refractivity contribution < 1.29 is 19.1 Å². The fourth-order valence-corrected chi connectivity index (χ4v) is 6.54. The zero-order valence-electron chi connectivity index (χ0n) is 31.6. The number of hydrogen-bond donors (Lipinski definition) is 0. The number of hydrogen-bond acceptors (Lipinski definition) is 8. The first-order chi connectivity index (χ1) is 24.7. The van der Waals surface area contributed by atoms with E-state index in [0.717, 1.165) is 43.9 Å². The Bertz CT molecular complexity index is 1550. The predicted molar refractivity (Wildman–Crippen MR) is 206 cm³/mol. The smallest absolute Gasteiger partial charge is 0.262 e. The number of para-hydroxylation sites is 2. The molecule has 51 heavy (non-hydrogen) atoms. The Hall–Kier alpha value is -4.15. The van der Waals surface area contributed by atoms with Crippen LogP contribution in [0.15, 0.2) is 76.9 Å². The number of carbonyl (C=O) groups is 2. The molecule has 0 spiro atoms. The highest BCUT2D eigenvalue weighted by Crippen LogP contribution is 2.36. The lowest BCUT2D eigenvalue weighted by Crippen LogP contribution is -2.55. The maximum absolute atomic E-state index is 14.5. The third-order valence-corrected chi connectivity index (χ3v) is 9.85. The Morgan fingerprint density at radius 2 is 1.59 bits per heavy atom. The third kappa shape index (κ3) is 10.0. The van der Waals surface area contributed by atoms with Crippen LogP contribution >= 0.6 is 0 Å². The van der Waals surface area contributed by atoms with Crippen LogP contribution in [0.1, 0.15) is 59.4 Å². The summed E-state index contributed by atoms with van der Waals surface area (Å²) in [6.07, 6.45) is 8.56. The summed E-state index contributed by atoms with van der Waals surface area (Å²) in [6.45, 7) is 17.4. The van der Waals surface area contributed by atoms with E-state index in [9.17, 15) is 9.59 Å². The molecule has 2 amide bonds. The van der Waals surface area contributed by atoms with Gasteiger partial charge in [-0.2, -0.15) is 0 Å². The van der Waals surface area contributed by atoms with Crippen molar-refractivity contribution in [2.45, 2.75) is 72.4 Å². The van der Waals surface area contributed by atoms with Gasteiger partial charge in [-0.05, 0) is 69.6 Å². The van der Waals surface area contributed by atoms with Crippen LogP contribution in [0.5, 0.6) is 11.5 Å². The van der Waals surface area contributed by atoms with E-state index in [-0.39, 0.29) is 30.6 Å². The summed E-state index contributed by atoms with van der Waals surface area (Å²) in [7, 11) is 2.15. The number of nitrogens with zero attached hydrogens (tertiary/aromatic N) is 6. The molecule has 2 fully saturated rings. The van der Waals surface area contributed by atoms with Crippen molar-refractivity contribution in [3.8, 4) is 11.5 Å². The number of aryl methyl sites for hydroxylation is 1. The number of anilines is 1. The summed E-state index contributed by atoms with van der Waals surface area (Å²) in [5.41, 5.74) is 3.79. The highest BCUT2D eigenvalue weighted by atomic mass is 16.5. The number of amides is 2. The first-order valence-corrected chi connectivity index (χ1v) is 18.9. The normalized spacial score (nSPS) is 19.8. The fourth-order valence-electron chi connectivity index (χ4n) is 6.54. The Balaban J connectivity index is 0.00000120. The van der Waals surface area contributed by atoms with Crippen molar-refractivity contribution in [3.63, 3.8) is 0 Å². The third-order valence-electron chi connectivity index (χ3n) is 9.85. The summed E-state index contributed by atoms with van der Waals surface area (Å²) in [5.74, 6) is 2.02. The summed E-state index contributed by atoms with van der Waals surface area (Å²) in [5, 5.41) is 0. The minimum absolute atomic E-state index is 0.0179. The number of aliphatic imine (C=N–C) groups is 1. The number of piperazine rings is 2. The molecule has 2 aromatic rings. The van der Waals surface area contributed by atoms with Gasteiger partial charge in [0, 0.05) is 63.6 Å². The highest BCUT2D eigenvalue weighted by Gasteiger charge is 2.38. The second-order valence-corrected chi connectivity index (χ2v) is 14.0. The summed E-state index contributed by atoms with van der Waals surface area (Å²) in [6, 6.07) is 15.4. The van der Waals surface area contributed by atoms with Crippen LogP contribution in [0.25, 0.3) is 0 Å². The minimum Gasteiger partial charge on any atom is -0.489 e. The van der Waals surface area contributed by atoms with Crippen molar-refractivity contribution in [1.82, 2.24) is 19.6 Å². The Morgan fingerprint density at radius 3 is 2.24 bits per heavy atom. The van der Waals surface area contributed by atoms with E-state index < -0.39 is 0 Å². The van der Waals surface area contributed by atoms with Gasteiger partial charge in [0.2, 0.25) is 0 Å². The summed E-state index contributed by atoms with van der Waals surface area (Å²) in [4.78, 5) is 43.3. The number of ether oxygens (including phenoxy) is 2. The Kier molecular flexibility index (Phi) is 13.7. The molecule has 6 rings (SSSR count). The zero-order chi connectivity index (χ0) is 36.3. The van der Waals surface area contributed by atoms with Crippen molar-refractivity contribution in [2.75, 3.05) is 77.5 Å². The summed E-state index contributed by atoms with van der Waals surface area (Å²) < 4.78 is 12.0. The molecule has 0 saturated carbocycles. The van der Waals surface area contributed by atoms with Crippen LogP contribution in [0.3, 0.4) is 0 Å².